The molecule has 0 saturated heterocycles. The van der Waals surface area contributed by atoms with E-state index in [1.165, 1.54) is 5.32 Å². The van der Waals surface area contributed by atoms with E-state index in [4.69, 9.17) is 23.2 Å². The minimum atomic E-state index is -6.59. The second-order valence-electron chi connectivity index (χ2n) is 3.95. The average molecular weight is 403 g/mol. The second-order valence-corrected chi connectivity index (χ2v) is 4.72. The number of pyridine rings is 1. The summed E-state index contributed by atoms with van der Waals surface area (Å²) in [7, 11) is 0. The maximum absolute atomic E-state index is 13.0. The standard InChI is InChI=1S/C10H5Cl2F7N2O.C2H6/c11-5-1-4(2-6(12)21-5)3-20-7(22)8(13,14)9(15,16)10(17,18)19;1-2/h1-2H,3H2,(H,20,22);1-2H3. The van der Waals surface area contributed by atoms with Crippen molar-refractivity contribution in [3.05, 3.63) is 28.0 Å². The molecule has 0 aliphatic heterocycles. The third kappa shape index (κ3) is 5.10. The highest BCUT2D eigenvalue weighted by Gasteiger charge is 2.76. The molecule has 1 rings (SSSR count). The van der Waals surface area contributed by atoms with Crippen LogP contribution in [0.15, 0.2) is 12.1 Å². The van der Waals surface area contributed by atoms with Crippen LogP contribution in [0.2, 0.25) is 10.3 Å². The fourth-order valence-electron chi connectivity index (χ4n) is 1.23. The Bertz CT molecular complexity index is 559. The highest BCUT2D eigenvalue weighted by molar-refractivity contribution is 6.32. The Labute approximate surface area is 142 Å². The number of carbonyl (C=O) groups excluding carboxylic acids is 1. The molecule has 0 spiro atoms. The van der Waals surface area contributed by atoms with Gasteiger partial charge in [0.2, 0.25) is 0 Å². The summed E-state index contributed by atoms with van der Waals surface area (Å²) in [4.78, 5) is 14.5. The van der Waals surface area contributed by atoms with Gasteiger partial charge in [0.1, 0.15) is 10.3 Å². The number of nitrogens with zero attached hydrogens (tertiary/aromatic N) is 1. The van der Waals surface area contributed by atoms with Crippen molar-refractivity contribution in [2.45, 2.75) is 38.4 Å². The van der Waals surface area contributed by atoms with Crippen molar-refractivity contribution < 1.29 is 35.5 Å². The van der Waals surface area contributed by atoms with Gasteiger partial charge in [0, 0.05) is 6.54 Å². The van der Waals surface area contributed by atoms with Crippen molar-refractivity contribution in [3.63, 3.8) is 0 Å². The normalized spacial score (nSPS) is 12.3. The number of aromatic nitrogens is 1. The Morgan fingerprint density at radius 2 is 1.46 bits per heavy atom. The van der Waals surface area contributed by atoms with Gasteiger partial charge in [-0.3, -0.25) is 4.79 Å². The van der Waals surface area contributed by atoms with Crippen LogP contribution in [-0.4, -0.2) is 28.9 Å². The number of amides is 1. The molecule has 0 unspecified atom stereocenters. The zero-order valence-electron chi connectivity index (χ0n) is 12.1. The summed E-state index contributed by atoms with van der Waals surface area (Å²) in [6.45, 7) is 3.20. The Morgan fingerprint density at radius 3 is 1.83 bits per heavy atom. The Kier molecular flexibility index (Phi) is 7.75. The minimum Gasteiger partial charge on any atom is -0.347 e. The first-order valence-electron chi connectivity index (χ1n) is 6.21. The maximum Gasteiger partial charge on any atom is 0.460 e. The van der Waals surface area contributed by atoms with Gasteiger partial charge in [-0.2, -0.15) is 30.7 Å². The van der Waals surface area contributed by atoms with E-state index in [0.717, 1.165) is 12.1 Å². The second kappa shape index (κ2) is 8.19. The molecule has 0 atom stereocenters. The SMILES string of the molecule is CC.O=C(NCc1cc(Cl)nc(Cl)c1)C(F)(F)C(F)(F)C(F)(F)F. The molecule has 0 aliphatic carbocycles. The van der Waals surface area contributed by atoms with Crippen molar-refractivity contribution >= 4 is 29.1 Å². The van der Waals surface area contributed by atoms with Crippen LogP contribution in [0.4, 0.5) is 30.7 Å². The summed E-state index contributed by atoms with van der Waals surface area (Å²) in [5.74, 6) is -15.3. The largest absolute Gasteiger partial charge is 0.460 e. The molecule has 0 aliphatic rings. The Morgan fingerprint density at radius 1 is 1.04 bits per heavy atom. The van der Waals surface area contributed by atoms with Gasteiger partial charge in [-0.1, -0.05) is 37.0 Å². The predicted octanol–water partition coefficient (Wildman–Crippen LogP) is 4.86. The van der Waals surface area contributed by atoms with Crippen LogP contribution in [0.1, 0.15) is 19.4 Å². The van der Waals surface area contributed by atoms with Gasteiger partial charge in [-0.05, 0) is 17.7 Å². The van der Waals surface area contributed by atoms with Crippen LogP contribution in [0.25, 0.3) is 0 Å². The zero-order valence-corrected chi connectivity index (χ0v) is 13.6. The van der Waals surface area contributed by atoms with E-state index in [-0.39, 0.29) is 15.9 Å². The van der Waals surface area contributed by atoms with Gasteiger partial charge >= 0.3 is 18.0 Å². The van der Waals surface area contributed by atoms with Crippen molar-refractivity contribution in [2.75, 3.05) is 0 Å². The summed E-state index contributed by atoms with van der Waals surface area (Å²) in [5, 5.41) is 0.877. The third-order valence-electron chi connectivity index (χ3n) is 2.31. The predicted molar refractivity (Wildman–Crippen MR) is 73.4 cm³/mol. The van der Waals surface area contributed by atoms with Crippen LogP contribution in [0, 0.1) is 0 Å². The lowest BCUT2D eigenvalue weighted by Gasteiger charge is -2.27. The van der Waals surface area contributed by atoms with Crippen LogP contribution in [-0.2, 0) is 11.3 Å². The summed E-state index contributed by atoms with van der Waals surface area (Å²) >= 11 is 10.9. The molecule has 1 amide bonds. The Balaban J connectivity index is 0.00000254. The summed E-state index contributed by atoms with van der Waals surface area (Å²) in [5.41, 5.74) is -0.0236. The smallest absolute Gasteiger partial charge is 0.347 e. The molecule has 24 heavy (non-hydrogen) atoms. The molecule has 0 radical (unpaired) electrons. The van der Waals surface area contributed by atoms with E-state index in [2.05, 4.69) is 4.98 Å². The van der Waals surface area contributed by atoms with Crippen LogP contribution < -0.4 is 5.32 Å². The first-order chi connectivity index (χ1) is 10.8. The molecule has 0 saturated carbocycles. The monoisotopic (exact) mass is 402 g/mol. The van der Waals surface area contributed by atoms with Crippen LogP contribution >= 0.6 is 23.2 Å². The van der Waals surface area contributed by atoms with E-state index in [0.29, 0.717) is 0 Å². The third-order valence-corrected chi connectivity index (χ3v) is 2.70. The van der Waals surface area contributed by atoms with Gasteiger partial charge < -0.3 is 5.32 Å². The fourth-order valence-corrected chi connectivity index (χ4v) is 1.74. The van der Waals surface area contributed by atoms with E-state index in [1.807, 2.05) is 13.8 Å². The number of nitrogens with one attached hydrogen (secondary N) is 1. The van der Waals surface area contributed by atoms with Crippen molar-refractivity contribution in [2.24, 2.45) is 0 Å². The molecule has 138 valence electrons. The number of hydrogen-bond acceptors (Lipinski definition) is 2. The van der Waals surface area contributed by atoms with Gasteiger partial charge in [0.15, 0.2) is 0 Å². The average Bonchev–Trinajstić information content (AvgIpc) is 2.44. The van der Waals surface area contributed by atoms with Gasteiger partial charge in [0.25, 0.3) is 5.91 Å². The summed E-state index contributed by atoms with van der Waals surface area (Å²) in [6, 6.07) is 2.10. The number of alkyl halides is 7. The lowest BCUT2D eigenvalue weighted by atomic mass is 10.1. The van der Waals surface area contributed by atoms with Gasteiger partial charge in [0.05, 0.1) is 0 Å². The van der Waals surface area contributed by atoms with E-state index in [9.17, 15) is 35.5 Å². The topological polar surface area (TPSA) is 42.0 Å². The zero-order chi connectivity index (χ0) is 19.3. The van der Waals surface area contributed by atoms with Gasteiger partial charge in [-0.25, -0.2) is 4.98 Å². The molecule has 1 N–H and O–H groups in total. The first kappa shape index (κ1) is 22.7. The van der Waals surface area contributed by atoms with Crippen LogP contribution in [0.3, 0.4) is 0 Å². The molecule has 0 bridgehead atoms. The molecule has 1 heterocycles. The molecule has 1 aromatic heterocycles. The van der Waals surface area contributed by atoms with Crippen LogP contribution in [0.5, 0.6) is 0 Å². The number of hydrogen-bond donors (Lipinski definition) is 1. The molecule has 12 heteroatoms. The molecule has 3 nitrogen and oxygen atoms in total. The van der Waals surface area contributed by atoms with Crippen molar-refractivity contribution in [3.8, 4) is 0 Å². The molecular weight excluding hydrogens is 392 g/mol. The molecule has 1 aromatic rings. The highest BCUT2D eigenvalue weighted by Crippen LogP contribution is 2.46. The molecule has 0 fully saturated rings. The summed E-state index contributed by atoms with van der Waals surface area (Å²) in [6.07, 6.45) is -6.59. The van der Waals surface area contributed by atoms with Crippen molar-refractivity contribution in [1.82, 2.24) is 10.3 Å². The fraction of sp³-hybridized carbons (Fsp3) is 0.500. The lowest BCUT2D eigenvalue weighted by Crippen LogP contribution is -2.59. The Hall–Kier alpha value is -1.29. The lowest BCUT2D eigenvalue weighted by molar-refractivity contribution is -0.344. The van der Waals surface area contributed by atoms with Crippen molar-refractivity contribution in [1.29, 1.82) is 0 Å². The number of carbonyl (C=O) groups is 1. The van der Waals surface area contributed by atoms with E-state index < -0.39 is 30.5 Å². The first-order valence-corrected chi connectivity index (χ1v) is 6.97. The summed E-state index contributed by atoms with van der Waals surface area (Å²) < 4.78 is 87.0. The van der Waals surface area contributed by atoms with E-state index >= 15 is 0 Å². The maximum atomic E-state index is 13.0. The highest BCUT2D eigenvalue weighted by atomic mass is 35.5. The molecule has 0 aromatic carbocycles. The number of rotatable bonds is 4. The van der Waals surface area contributed by atoms with Gasteiger partial charge in [-0.15, -0.1) is 0 Å². The van der Waals surface area contributed by atoms with E-state index in [1.54, 1.807) is 0 Å². The number of halogens is 9. The molecular formula is C12H11Cl2F7N2O. The quantitative estimate of drug-likeness (QED) is 0.576. The minimum absolute atomic E-state index is 0.0236.